The van der Waals surface area contributed by atoms with E-state index in [0.717, 1.165) is 0 Å². The first-order chi connectivity index (χ1) is 8.81. The summed E-state index contributed by atoms with van der Waals surface area (Å²) in [6.45, 7) is 0.195. The number of nitriles is 1. The maximum absolute atomic E-state index is 11.7. The fraction of sp³-hybridized carbons (Fsp3) is 0.727. The summed E-state index contributed by atoms with van der Waals surface area (Å²) in [4.78, 5) is 22.9. The van der Waals surface area contributed by atoms with Crippen molar-refractivity contribution in [1.29, 1.82) is 5.26 Å². The molecule has 0 fully saturated rings. The van der Waals surface area contributed by atoms with Crippen LogP contribution < -0.4 is 5.32 Å². The maximum Gasteiger partial charge on any atom is 0.411 e. The molecule has 0 bridgehead atoms. The molecule has 0 radical (unpaired) electrons. The fourth-order valence-corrected chi connectivity index (χ4v) is 1.13. The fourth-order valence-electron chi connectivity index (χ4n) is 1.13. The van der Waals surface area contributed by atoms with E-state index in [9.17, 15) is 22.8 Å². The number of Topliss-reactive ketones (excluding diaryl/α,β-unsaturated/α-hetero) is 1. The lowest BCUT2D eigenvalue weighted by molar-refractivity contribution is -0.174. The Bertz CT molecular complexity index is 350. The quantitative estimate of drug-likeness (QED) is 0.535. The normalized spacial score (nSPS) is 12.6. The molecule has 0 aliphatic carbocycles. The molecule has 0 heterocycles. The molecule has 0 saturated heterocycles. The highest BCUT2D eigenvalue weighted by molar-refractivity contribution is 6.03. The van der Waals surface area contributed by atoms with Crippen molar-refractivity contribution in [2.75, 3.05) is 19.8 Å². The molecule has 0 aliphatic rings. The Hall–Kier alpha value is -1.62. The summed E-state index contributed by atoms with van der Waals surface area (Å²) < 4.78 is 39.5. The number of hydrogen-bond acceptors (Lipinski definition) is 4. The van der Waals surface area contributed by atoms with Gasteiger partial charge in [-0.2, -0.15) is 18.4 Å². The summed E-state index contributed by atoms with van der Waals surface area (Å²) in [5.74, 6) is -2.98. The lowest BCUT2D eigenvalue weighted by Crippen LogP contribution is -2.35. The van der Waals surface area contributed by atoms with Crippen LogP contribution in [-0.2, 0) is 14.3 Å². The second-order valence-corrected chi connectivity index (χ2v) is 3.74. The number of ketones is 1. The van der Waals surface area contributed by atoms with Crippen molar-refractivity contribution < 1.29 is 27.5 Å². The number of halogens is 3. The number of nitrogens with zero attached hydrogens (tertiary/aromatic N) is 1. The molecular formula is C11H15F3N2O3. The van der Waals surface area contributed by atoms with Gasteiger partial charge in [-0.25, -0.2) is 0 Å². The zero-order valence-electron chi connectivity index (χ0n) is 10.4. The van der Waals surface area contributed by atoms with Gasteiger partial charge in [0.15, 0.2) is 11.7 Å². The highest BCUT2D eigenvalue weighted by Crippen LogP contribution is 2.14. The molecule has 1 amide bonds. The van der Waals surface area contributed by atoms with Crippen molar-refractivity contribution in [3.8, 4) is 6.07 Å². The third-order valence-electron chi connectivity index (χ3n) is 2.02. The van der Waals surface area contributed by atoms with E-state index in [2.05, 4.69) is 10.1 Å². The monoisotopic (exact) mass is 280 g/mol. The molecule has 0 aromatic heterocycles. The van der Waals surface area contributed by atoms with Gasteiger partial charge < -0.3 is 10.1 Å². The molecule has 0 aliphatic heterocycles. The molecule has 0 saturated carbocycles. The molecule has 1 unspecified atom stereocenters. The minimum atomic E-state index is -4.46. The highest BCUT2D eigenvalue weighted by Gasteiger charge is 2.29. The molecule has 1 atom stereocenters. The zero-order valence-corrected chi connectivity index (χ0v) is 10.4. The Morgan fingerprint density at radius 1 is 1.42 bits per heavy atom. The molecule has 0 rings (SSSR count). The van der Waals surface area contributed by atoms with Gasteiger partial charge in [0, 0.05) is 13.0 Å². The van der Waals surface area contributed by atoms with Crippen molar-refractivity contribution in [3.63, 3.8) is 0 Å². The summed E-state index contributed by atoms with van der Waals surface area (Å²) in [5.41, 5.74) is 0. The summed E-state index contributed by atoms with van der Waals surface area (Å²) >= 11 is 0. The summed E-state index contributed by atoms with van der Waals surface area (Å²) in [6, 6.07) is 1.53. The van der Waals surface area contributed by atoms with Crippen LogP contribution in [0.4, 0.5) is 13.2 Å². The third kappa shape index (κ3) is 8.15. The topological polar surface area (TPSA) is 79.2 Å². The SMILES string of the molecule is CCCNC(=O)C(C#N)C(=O)CCOCC(F)(F)F. The van der Waals surface area contributed by atoms with Gasteiger partial charge >= 0.3 is 6.18 Å². The van der Waals surface area contributed by atoms with E-state index in [1.165, 1.54) is 6.07 Å². The van der Waals surface area contributed by atoms with E-state index >= 15 is 0 Å². The van der Waals surface area contributed by atoms with Crippen molar-refractivity contribution in [1.82, 2.24) is 5.32 Å². The Morgan fingerprint density at radius 2 is 2.05 bits per heavy atom. The number of amides is 1. The van der Waals surface area contributed by atoms with Gasteiger partial charge in [0.1, 0.15) is 6.61 Å². The van der Waals surface area contributed by atoms with Crippen molar-refractivity contribution in [2.24, 2.45) is 5.92 Å². The van der Waals surface area contributed by atoms with E-state index < -0.39 is 43.4 Å². The number of nitrogens with one attached hydrogen (secondary N) is 1. The molecule has 0 aromatic rings. The van der Waals surface area contributed by atoms with Gasteiger partial charge in [0.05, 0.1) is 12.7 Å². The third-order valence-corrected chi connectivity index (χ3v) is 2.02. The Morgan fingerprint density at radius 3 is 2.53 bits per heavy atom. The zero-order chi connectivity index (χ0) is 14.9. The first-order valence-corrected chi connectivity index (χ1v) is 5.66. The van der Waals surface area contributed by atoms with Crippen LogP contribution >= 0.6 is 0 Å². The average molecular weight is 280 g/mol. The molecule has 0 aromatic carbocycles. The number of ether oxygens (including phenoxy) is 1. The maximum atomic E-state index is 11.7. The molecular weight excluding hydrogens is 265 g/mol. The predicted molar refractivity (Wildman–Crippen MR) is 58.9 cm³/mol. The molecule has 0 spiro atoms. The van der Waals surface area contributed by atoms with Gasteiger partial charge in [0.25, 0.3) is 0 Å². The minimum absolute atomic E-state index is 0.328. The lowest BCUT2D eigenvalue weighted by Gasteiger charge is -2.10. The van der Waals surface area contributed by atoms with Crippen LogP contribution in [0, 0.1) is 17.2 Å². The van der Waals surface area contributed by atoms with Crippen molar-refractivity contribution in [2.45, 2.75) is 25.9 Å². The highest BCUT2D eigenvalue weighted by atomic mass is 19.4. The van der Waals surface area contributed by atoms with E-state index in [4.69, 9.17) is 5.26 Å². The Balaban J connectivity index is 4.09. The van der Waals surface area contributed by atoms with Crippen LogP contribution in [-0.4, -0.2) is 37.6 Å². The summed E-state index contributed by atoms with van der Waals surface area (Å²) in [7, 11) is 0. The van der Waals surface area contributed by atoms with Gasteiger partial charge in [-0.15, -0.1) is 0 Å². The molecule has 1 N–H and O–H groups in total. The van der Waals surface area contributed by atoms with Crippen LogP contribution in [0.15, 0.2) is 0 Å². The number of carbonyl (C=O) groups excluding carboxylic acids is 2. The second kappa shape index (κ2) is 8.48. The lowest BCUT2D eigenvalue weighted by atomic mass is 10.0. The standard InChI is InChI=1S/C11H15F3N2O3/c1-2-4-16-10(18)8(6-15)9(17)3-5-19-7-11(12,13)14/h8H,2-5,7H2,1H3,(H,16,18). The van der Waals surface area contributed by atoms with Crippen LogP contribution in [0.1, 0.15) is 19.8 Å². The number of carbonyl (C=O) groups is 2. The van der Waals surface area contributed by atoms with E-state index in [1.54, 1.807) is 6.92 Å². The van der Waals surface area contributed by atoms with Gasteiger partial charge in [-0.05, 0) is 6.42 Å². The van der Waals surface area contributed by atoms with Gasteiger partial charge in [-0.1, -0.05) is 6.92 Å². The van der Waals surface area contributed by atoms with Crippen LogP contribution in [0.2, 0.25) is 0 Å². The first kappa shape index (κ1) is 17.4. The molecule has 5 nitrogen and oxygen atoms in total. The molecule has 19 heavy (non-hydrogen) atoms. The number of hydrogen-bond donors (Lipinski definition) is 1. The first-order valence-electron chi connectivity index (χ1n) is 5.66. The van der Waals surface area contributed by atoms with E-state index in [0.29, 0.717) is 13.0 Å². The summed E-state index contributed by atoms with van der Waals surface area (Å²) in [6.07, 6.45) is -4.23. The summed E-state index contributed by atoms with van der Waals surface area (Å²) in [5, 5.41) is 11.1. The van der Waals surface area contributed by atoms with Crippen LogP contribution in [0.5, 0.6) is 0 Å². The predicted octanol–water partition coefficient (Wildman–Crippen LogP) is 1.19. The van der Waals surface area contributed by atoms with Crippen molar-refractivity contribution in [3.05, 3.63) is 0 Å². The molecule has 8 heteroatoms. The number of rotatable bonds is 8. The van der Waals surface area contributed by atoms with E-state index in [-0.39, 0.29) is 0 Å². The van der Waals surface area contributed by atoms with Gasteiger partial charge in [0.2, 0.25) is 5.91 Å². The van der Waals surface area contributed by atoms with Gasteiger partial charge in [-0.3, -0.25) is 9.59 Å². The minimum Gasteiger partial charge on any atom is -0.372 e. The second-order valence-electron chi connectivity index (χ2n) is 3.74. The molecule has 108 valence electrons. The van der Waals surface area contributed by atoms with Crippen molar-refractivity contribution >= 4 is 11.7 Å². The van der Waals surface area contributed by atoms with Crippen LogP contribution in [0.3, 0.4) is 0 Å². The van der Waals surface area contributed by atoms with E-state index in [1.807, 2.05) is 0 Å². The van der Waals surface area contributed by atoms with Crippen LogP contribution in [0.25, 0.3) is 0 Å². The Kier molecular flexibility index (Phi) is 7.75. The smallest absolute Gasteiger partial charge is 0.372 e. The largest absolute Gasteiger partial charge is 0.411 e. The number of alkyl halides is 3. The Labute approximate surface area is 108 Å². The average Bonchev–Trinajstić information content (AvgIpc) is 2.31.